The zero-order valence-electron chi connectivity index (χ0n) is 7.47. The Morgan fingerprint density at radius 3 is 2.92 bits per heavy atom. The van der Waals surface area contributed by atoms with Crippen molar-refractivity contribution in [1.29, 1.82) is 0 Å². The Hall–Kier alpha value is -1.01. The maximum Gasteiger partial charge on any atom is 0.237 e. The zero-order valence-corrected chi connectivity index (χ0v) is 7.47. The number of unbranched alkanes of at least 4 members (excludes halogenated alkanes) is 1. The second kappa shape index (κ2) is 6.68. The summed E-state index contributed by atoms with van der Waals surface area (Å²) in [6.45, 7) is 2.32. The number of amides is 1. The van der Waals surface area contributed by atoms with Gasteiger partial charge >= 0.3 is 0 Å². The molecule has 12 heavy (non-hydrogen) atoms. The zero-order chi connectivity index (χ0) is 9.40. The third kappa shape index (κ3) is 4.75. The predicted octanol–water partition coefficient (Wildman–Crippen LogP) is 0.253. The largest absolute Gasteiger partial charge is 0.344 e. The van der Waals surface area contributed by atoms with Gasteiger partial charge in [0, 0.05) is 0 Å². The Morgan fingerprint density at radius 1 is 1.75 bits per heavy atom. The molecule has 0 aromatic carbocycles. The number of rotatable bonds is 5. The van der Waals surface area contributed by atoms with Crippen LogP contribution < -0.4 is 11.1 Å². The molecule has 1 amide bonds. The third-order valence-electron chi connectivity index (χ3n) is 1.57. The van der Waals surface area contributed by atoms with Crippen molar-refractivity contribution < 1.29 is 4.79 Å². The van der Waals surface area contributed by atoms with E-state index in [4.69, 9.17) is 12.2 Å². The first-order chi connectivity index (χ1) is 5.72. The smallest absolute Gasteiger partial charge is 0.237 e. The number of terminal acetylenes is 1. The SMILES string of the molecule is C#CCNC(=O)[C@@H](N)CCCC. The van der Waals surface area contributed by atoms with Crippen molar-refractivity contribution in [1.82, 2.24) is 5.32 Å². The number of nitrogens with one attached hydrogen (secondary N) is 1. The van der Waals surface area contributed by atoms with E-state index in [0.717, 1.165) is 19.3 Å². The number of hydrogen-bond donors (Lipinski definition) is 2. The van der Waals surface area contributed by atoms with Crippen molar-refractivity contribution in [3.05, 3.63) is 0 Å². The quantitative estimate of drug-likeness (QED) is 0.578. The van der Waals surface area contributed by atoms with E-state index in [1.54, 1.807) is 0 Å². The minimum Gasteiger partial charge on any atom is -0.344 e. The molecule has 0 radical (unpaired) electrons. The molecule has 1 atom stereocenters. The van der Waals surface area contributed by atoms with Gasteiger partial charge in [0.2, 0.25) is 5.91 Å². The maximum absolute atomic E-state index is 11.1. The van der Waals surface area contributed by atoms with Crippen LogP contribution in [0.25, 0.3) is 0 Å². The molecule has 0 fully saturated rings. The van der Waals surface area contributed by atoms with Gasteiger partial charge in [-0.15, -0.1) is 6.42 Å². The van der Waals surface area contributed by atoms with Gasteiger partial charge in [0.25, 0.3) is 0 Å². The molecule has 0 spiro atoms. The van der Waals surface area contributed by atoms with Crippen LogP contribution in [0.15, 0.2) is 0 Å². The van der Waals surface area contributed by atoms with E-state index < -0.39 is 6.04 Å². The predicted molar refractivity (Wildman–Crippen MR) is 49.3 cm³/mol. The molecule has 0 aromatic heterocycles. The molecule has 0 rings (SSSR count). The minimum atomic E-state index is -0.404. The van der Waals surface area contributed by atoms with Crippen LogP contribution in [-0.4, -0.2) is 18.5 Å². The van der Waals surface area contributed by atoms with E-state index in [1.807, 2.05) is 0 Å². The summed E-state index contributed by atoms with van der Waals surface area (Å²) in [6, 6.07) is -0.404. The Labute approximate surface area is 73.7 Å². The molecule has 0 heterocycles. The van der Waals surface area contributed by atoms with Crippen LogP contribution in [0, 0.1) is 12.3 Å². The van der Waals surface area contributed by atoms with Crippen LogP contribution in [0.2, 0.25) is 0 Å². The summed E-state index contributed by atoms with van der Waals surface area (Å²) < 4.78 is 0. The van der Waals surface area contributed by atoms with Gasteiger partial charge in [-0.25, -0.2) is 0 Å². The fraction of sp³-hybridized carbons (Fsp3) is 0.667. The Balaban J connectivity index is 3.55. The van der Waals surface area contributed by atoms with Crippen LogP contribution >= 0.6 is 0 Å². The Morgan fingerprint density at radius 2 is 2.42 bits per heavy atom. The fourth-order valence-electron chi connectivity index (χ4n) is 0.824. The highest BCUT2D eigenvalue weighted by Crippen LogP contribution is 1.97. The molecule has 3 nitrogen and oxygen atoms in total. The average Bonchev–Trinajstić information content (AvgIpc) is 2.10. The van der Waals surface area contributed by atoms with Crippen molar-refractivity contribution >= 4 is 5.91 Å². The molecule has 0 bridgehead atoms. The first-order valence-electron chi connectivity index (χ1n) is 4.19. The molecule has 3 N–H and O–H groups in total. The fourth-order valence-corrected chi connectivity index (χ4v) is 0.824. The molecule has 0 saturated carbocycles. The summed E-state index contributed by atoms with van der Waals surface area (Å²) in [4.78, 5) is 11.1. The second-order valence-corrected chi connectivity index (χ2v) is 2.67. The van der Waals surface area contributed by atoms with E-state index in [2.05, 4.69) is 18.2 Å². The number of nitrogens with two attached hydrogens (primary N) is 1. The minimum absolute atomic E-state index is 0.151. The van der Waals surface area contributed by atoms with E-state index >= 15 is 0 Å². The standard InChI is InChI=1S/C9H16N2O/c1-3-5-6-8(10)9(12)11-7-4-2/h2,8H,3,5-7,10H2,1H3,(H,11,12)/t8-/m0/s1. The van der Waals surface area contributed by atoms with Crippen molar-refractivity contribution in [2.45, 2.75) is 32.2 Å². The highest BCUT2D eigenvalue weighted by Gasteiger charge is 2.10. The highest BCUT2D eigenvalue weighted by molar-refractivity contribution is 5.81. The summed E-state index contributed by atoms with van der Waals surface area (Å²) in [5.74, 6) is 2.17. The molecule has 0 unspecified atom stereocenters. The van der Waals surface area contributed by atoms with E-state index in [0.29, 0.717) is 0 Å². The van der Waals surface area contributed by atoms with Crippen molar-refractivity contribution in [2.24, 2.45) is 5.73 Å². The van der Waals surface area contributed by atoms with Crippen LogP contribution in [0.1, 0.15) is 26.2 Å². The van der Waals surface area contributed by atoms with Gasteiger partial charge in [-0.2, -0.15) is 0 Å². The lowest BCUT2D eigenvalue weighted by Crippen LogP contribution is -2.40. The van der Waals surface area contributed by atoms with E-state index in [-0.39, 0.29) is 12.5 Å². The van der Waals surface area contributed by atoms with Gasteiger partial charge in [0.15, 0.2) is 0 Å². The number of carbonyl (C=O) groups is 1. The molecular formula is C9H16N2O. The van der Waals surface area contributed by atoms with Crippen LogP contribution in [0.4, 0.5) is 0 Å². The number of carbonyl (C=O) groups excluding carboxylic acids is 1. The molecule has 0 aromatic rings. The molecule has 0 saturated heterocycles. The topological polar surface area (TPSA) is 55.1 Å². The normalized spacial score (nSPS) is 11.8. The monoisotopic (exact) mass is 168 g/mol. The molecule has 0 aliphatic rings. The first-order valence-corrected chi connectivity index (χ1v) is 4.19. The molecule has 0 aliphatic heterocycles. The Kier molecular flexibility index (Phi) is 6.12. The van der Waals surface area contributed by atoms with Crippen molar-refractivity contribution in [2.75, 3.05) is 6.54 Å². The summed E-state index contributed by atoms with van der Waals surface area (Å²) in [5, 5.41) is 2.54. The van der Waals surface area contributed by atoms with E-state index in [9.17, 15) is 4.79 Å². The number of hydrogen-bond acceptors (Lipinski definition) is 2. The molecule has 68 valence electrons. The van der Waals surface area contributed by atoms with E-state index in [1.165, 1.54) is 0 Å². The van der Waals surface area contributed by atoms with Gasteiger partial charge in [-0.05, 0) is 6.42 Å². The summed E-state index contributed by atoms with van der Waals surface area (Å²) >= 11 is 0. The molecular weight excluding hydrogens is 152 g/mol. The van der Waals surface area contributed by atoms with Crippen molar-refractivity contribution in [3.63, 3.8) is 0 Å². The van der Waals surface area contributed by atoms with Gasteiger partial charge in [0.05, 0.1) is 12.6 Å². The van der Waals surface area contributed by atoms with Crippen LogP contribution in [0.3, 0.4) is 0 Å². The van der Waals surface area contributed by atoms with Crippen LogP contribution in [-0.2, 0) is 4.79 Å². The van der Waals surface area contributed by atoms with Gasteiger partial charge < -0.3 is 11.1 Å². The first kappa shape index (κ1) is 11.0. The van der Waals surface area contributed by atoms with Gasteiger partial charge in [-0.1, -0.05) is 25.7 Å². The third-order valence-corrected chi connectivity index (χ3v) is 1.57. The van der Waals surface area contributed by atoms with Crippen LogP contribution in [0.5, 0.6) is 0 Å². The highest BCUT2D eigenvalue weighted by atomic mass is 16.2. The van der Waals surface area contributed by atoms with Gasteiger partial charge in [-0.3, -0.25) is 4.79 Å². The lowest BCUT2D eigenvalue weighted by Gasteiger charge is -2.09. The maximum atomic E-state index is 11.1. The summed E-state index contributed by atoms with van der Waals surface area (Å²) in [7, 11) is 0. The summed E-state index contributed by atoms with van der Waals surface area (Å²) in [6.07, 6.45) is 7.73. The average molecular weight is 168 g/mol. The summed E-state index contributed by atoms with van der Waals surface area (Å²) in [5.41, 5.74) is 5.56. The lowest BCUT2D eigenvalue weighted by atomic mass is 10.1. The van der Waals surface area contributed by atoms with Crippen molar-refractivity contribution in [3.8, 4) is 12.3 Å². The molecule has 3 heteroatoms. The lowest BCUT2D eigenvalue weighted by molar-refractivity contribution is -0.122. The molecule has 0 aliphatic carbocycles. The Bertz CT molecular complexity index is 172. The second-order valence-electron chi connectivity index (χ2n) is 2.67. The van der Waals surface area contributed by atoms with Gasteiger partial charge in [0.1, 0.15) is 0 Å².